The first-order valence-corrected chi connectivity index (χ1v) is 4.83. The van der Waals surface area contributed by atoms with Crippen molar-refractivity contribution >= 4 is 11.8 Å². The Labute approximate surface area is 88.1 Å². The number of rotatable bonds is 3. The van der Waals surface area contributed by atoms with Crippen LogP contribution in [0.3, 0.4) is 0 Å². The summed E-state index contributed by atoms with van der Waals surface area (Å²) in [4.78, 5) is 12.1. The molecule has 15 heavy (non-hydrogen) atoms. The first-order valence-electron chi connectivity index (χ1n) is 4.83. The van der Waals surface area contributed by atoms with E-state index in [0.29, 0.717) is 24.2 Å². The van der Waals surface area contributed by atoms with E-state index >= 15 is 0 Å². The number of hydrogen-bond donors (Lipinski definition) is 1. The summed E-state index contributed by atoms with van der Waals surface area (Å²) in [6.45, 7) is 3.83. The van der Waals surface area contributed by atoms with E-state index in [9.17, 15) is 9.18 Å². The van der Waals surface area contributed by atoms with Gasteiger partial charge < -0.3 is 5.11 Å². The van der Waals surface area contributed by atoms with Gasteiger partial charge in [-0.1, -0.05) is 13.0 Å². The van der Waals surface area contributed by atoms with E-state index in [0.717, 1.165) is 0 Å². The number of nitrogens with zero attached hydrogens (tertiary/aromatic N) is 1. The Morgan fingerprint density at radius 2 is 2.20 bits per heavy atom. The smallest absolute Gasteiger partial charge is 0.411 e. The van der Waals surface area contributed by atoms with E-state index < -0.39 is 6.09 Å². The van der Waals surface area contributed by atoms with Crippen molar-refractivity contribution in [3.8, 4) is 0 Å². The molecule has 0 saturated heterocycles. The van der Waals surface area contributed by atoms with Crippen LogP contribution >= 0.6 is 0 Å². The molecule has 1 aromatic rings. The van der Waals surface area contributed by atoms with Crippen LogP contribution in [0.25, 0.3) is 0 Å². The molecule has 0 aromatic heterocycles. The molecule has 1 aromatic carbocycles. The lowest BCUT2D eigenvalue weighted by molar-refractivity contribution is 0.201. The second-order valence-electron chi connectivity index (χ2n) is 3.32. The van der Waals surface area contributed by atoms with Crippen LogP contribution in [0.15, 0.2) is 18.2 Å². The number of benzene rings is 1. The van der Waals surface area contributed by atoms with Crippen molar-refractivity contribution in [2.75, 3.05) is 11.4 Å². The van der Waals surface area contributed by atoms with Gasteiger partial charge in [0, 0.05) is 12.1 Å². The van der Waals surface area contributed by atoms with Crippen LogP contribution in [0.5, 0.6) is 0 Å². The minimum Gasteiger partial charge on any atom is -0.465 e. The van der Waals surface area contributed by atoms with Crippen molar-refractivity contribution in [2.24, 2.45) is 0 Å². The van der Waals surface area contributed by atoms with Gasteiger partial charge in [-0.3, -0.25) is 4.90 Å². The Morgan fingerprint density at radius 1 is 1.53 bits per heavy atom. The number of halogens is 1. The van der Waals surface area contributed by atoms with Gasteiger partial charge in [0.1, 0.15) is 5.82 Å². The highest BCUT2D eigenvalue weighted by Crippen LogP contribution is 2.22. The average Bonchev–Trinajstić information content (AvgIpc) is 2.19. The topological polar surface area (TPSA) is 40.5 Å². The van der Waals surface area contributed by atoms with Gasteiger partial charge in [0.2, 0.25) is 0 Å². The van der Waals surface area contributed by atoms with Crippen molar-refractivity contribution in [1.82, 2.24) is 0 Å². The van der Waals surface area contributed by atoms with Crippen molar-refractivity contribution in [3.63, 3.8) is 0 Å². The molecule has 0 bridgehead atoms. The SMILES string of the molecule is CCCN(C(=O)O)c1cccc(F)c1C. The fourth-order valence-electron chi connectivity index (χ4n) is 1.43. The summed E-state index contributed by atoms with van der Waals surface area (Å²) in [6, 6.07) is 4.45. The van der Waals surface area contributed by atoms with Gasteiger partial charge in [-0.2, -0.15) is 0 Å². The number of anilines is 1. The van der Waals surface area contributed by atoms with Crippen molar-refractivity contribution in [2.45, 2.75) is 20.3 Å². The average molecular weight is 211 g/mol. The molecule has 0 aliphatic carbocycles. The zero-order chi connectivity index (χ0) is 11.4. The van der Waals surface area contributed by atoms with Gasteiger partial charge >= 0.3 is 6.09 Å². The fourth-order valence-corrected chi connectivity index (χ4v) is 1.43. The largest absolute Gasteiger partial charge is 0.465 e. The van der Waals surface area contributed by atoms with Crippen LogP contribution in [0.2, 0.25) is 0 Å². The summed E-state index contributed by atoms with van der Waals surface area (Å²) in [7, 11) is 0. The lowest BCUT2D eigenvalue weighted by Crippen LogP contribution is -2.30. The number of carboxylic acid groups (broad SMARTS) is 1. The number of carbonyl (C=O) groups is 1. The summed E-state index contributed by atoms with van der Waals surface area (Å²) in [5, 5.41) is 8.98. The third-order valence-electron chi connectivity index (χ3n) is 2.21. The molecule has 0 aliphatic rings. The van der Waals surface area contributed by atoms with Crippen LogP contribution in [-0.4, -0.2) is 17.7 Å². The van der Waals surface area contributed by atoms with Crippen LogP contribution in [0.1, 0.15) is 18.9 Å². The highest BCUT2D eigenvalue weighted by atomic mass is 19.1. The van der Waals surface area contributed by atoms with Gasteiger partial charge in [0.05, 0.1) is 5.69 Å². The van der Waals surface area contributed by atoms with Crippen LogP contribution in [-0.2, 0) is 0 Å². The molecule has 1 N–H and O–H groups in total. The Hall–Kier alpha value is -1.58. The third kappa shape index (κ3) is 2.46. The minimum atomic E-state index is -1.05. The highest BCUT2D eigenvalue weighted by molar-refractivity contribution is 5.87. The molecule has 82 valence electrons. The predicted molar refractivity (Wildman–Crippen MR) is 56.8 cm³/mol. The fraction of sp³-hybridized carbons (Fsp3) is 0.364. The second kappa shape index (κ2) is 4.77. The molecule has 3 nitrogen and oxygen atoms in total. The van der Waals surface area contributed by atoms with Crippen LogP contribution in [0, 0.1) is 12.7 Å². The molecule has 0 fully saturated rings. The standard InChI is InChI=1S/C11H14FNO2/c1-3-7-13(11(14)15)10-6-4-5-9(12)8(10)2/h4-6H,3,7H2,1-2H3,(H,14,15). The first-order chi connectivity index (χ1) is 7.07. The summed E-state index contributed by atoms with van der Waals surface area (Å²) in [5.41, 5.74) is 0.790. The second-order valence-corrected chi connectivity index (χ2v) is 3.32. The summed E-state index contributed by atoms with van der Waals surface area (Å²) >= 11 is 0. The Bertz CT molecular complexity index is 366. The molecule has 1 amide bonds. The first kappa shape index (κ1) is 11.5. The van der Waals surface area contributed by atoms with E-state index in [4.69, 9.17) is 5.11 Å². The lowest BCUT2D eigenvalue weighted by Gasteiger charge is -2.20. The molecule has 0 radical (unpaired) electrons. The van der Waals surface area contributed by atoms with E-state index in [1.165, 1.54) is 17.0 Å². The maximum absolute atomic E-state index is 13.2. The molecule has 4 heteroatoms. The van der Waals surface area contributed by atoms with Crippen molar-refractivity contribution < 1.29 is 14.3 Å². The molecule has 0 spiro atoms. The molecule has 0 unspecified atom stereocenters. The normalized spacial score (nSPS) is 10.1. The highest BCUT2D eigenvalue weighted by Gasteiger charge is 2.16. The predicted octanol–water partition coefficient (Wildman–Crippen LogP) is 3.03. The van der Waals surface area contributed by atoms with Gasteiger partial charge in [-0.05, 0) is 25.5 Å². The zero-order valence-electron chi connectivity index (χ0n) is 8.83. The summed E-state index contributed by atoms with van der Waals surface area (Å²) in [5.74, 6) is -0.380. The van der Waals surface area contributed by atoms with Crippen molar-refractivity contribution in [1.29, 1.82) is 0 Å². The van der Waals surface area contributed by atoms with Gasteiger partial charge in [-0.25, -0.2) is 9.18 Å². The van der Waals surface area contributed by atoms with Gasteiger partial charge in [0.15, 0.2) is 0 Å². The van der Waals surface area contributed by atoms with E-state index in [1.54, 1.807) is 13.0 Å². The minimum absolute atomic E-state index is 0.369. The summed E-state index contributed by atoms with van der Waals surface area (Å²) in [6.07, 6.45) is -0.354. The summed E-state index contributed by atoms with van der Waals surface area (Å²) < 4.78 is 13.2. The Balaban J connectivity index is 3.11. The van der Waals surface area contributed by atoms with Gasteiger partial charge in [-0.15, -0.1) is 0 Å². The van der Waals surface area contributed by atoms with Crippen LogP contribution < -0.4 is 4.90 Å². The molecular weight excluding hydrogens is 197 g/mol. The van der Waals surface area contributed by atoms with E-state index in [2.05, 4.69) is 0 Å². The Morgan fingerprint density at radius 3 is 2.73 bits per heavy atom. The molecular formula is C11H14FNO2. The Kier molecular flexibility index (Phi) is 3.66. The lowest BCUT2D eigenvalue weighted by atomic mass is 10.1. The molecule has 0 saturated carbocycles. The quantitative estimate of drug-likeness (QED) is 0.834. The number of amides is 1. The molecule has 0 aliphatic heterocycles. The monoisotopic (exact) mass is 211 g/mol. The van der Waals surface area contributed by atoms with Crippen molar-refractivity contribution in [3.05, 3.63) is 29.6 Å². The van der Waals surface area contributed by atoms with E-state index in [-0.39, 0.29) is 5.82 Å². The zero-order valence-corrected chi connectivity index (χ0v) is 8.83. The number of hydrogen-bond acceptors (Lipinski definition) is 1. The van der Waals surface area contributed by atoms with E-state index in [1.807, 2.05) is 6.92 Å². The van der Waals surface area contributed by atoms with Crippen LogP contribution in [0.4, 0.5) is 14.9 Å². The molecule has 0 atom stereocenters. The molecule has 1 rings (SSSR count). The third-order valence-corrected chi connectivity index (χ3v) is 2.21. The maximum Gasteiger partial charge on any atom is 0.411 e. The maximum atomic E-state index is 13.2. The molecule has 0 heterocycles. The van der Waals surface area contributed by atoms with Gasteiger partial charge in [0.25, 0.3) is 0 Å².